The summed E-state index contributed by atoms with van der Waals surface area (Å²) in [4.78, 5) is 2.29. The Morgan fingerprint density at radius 3 is 2.50 bits per heavy atom. The van der Waals surface area contributed by atoms with E-state index in [4.69, 9.17) is 5.73 Å². The third-order valence-corrected chi connectivity index (χ3v) is 4.59. The van der Waals surface area contributed by atoms with Crippen LogP contribution in [-0.2, 0) is 6.42 Å². The summed E-state index contributed by atoms with van der Waals surface area (Å²) in [6.45, 7) is 0. The van der Waals surface area contributed by atoms with Gasteiger partial charge in [0.2, 0.25) is 0 Å². The predicted molar refractivity (Wildman–Crippen MR) is 96.0 cm³/mol. The number of hydrogen-bond acceptors (Lipinski definition) is 2. The molecular formula is C19H15BrN2. The minimum absolute atomic E-state index is 0.854. The molecule has 0 amide bonds. The van der Waals surface area contributed by atoms with Crippen LogP contribution in [0.15, 0.2) is 71.2 Å². The fraction of sp³-hybridized carbons (Fsp3) is 0.0526. The molecule has 1 heterocycles. The van der Waals surface area contributed by atoms with E-state index < -0.39 is 0 Å². The van der Waals surface area contributed by atoms with Crippen LogP contribution in [0.3, 0.4) is 0 Å². The van der Waals surface area contributed by atoms with Crippen molar-refractivity contribution < 1.29 is 0 Å². The molecule has 0 aliphatic carbocycles. The van der Waals surface area contributed by atoms with E-state index in [0.717, 1.165) is 28.0 Å². The Labute approximate surface area is 138 Å². The van der Waals surface area contributed by atoms with Gasteiger partial charge in [-0.05, 0) is 42.0 Å². The van der Waals surface area contributed by atoms with E-state index in [1.54, 1.807) is 0 Å². The molecule has 2 nitrogen and oxygen atoms in total. The van der Waals surface area contributed by atoms with Crippen molar-refractivity contribution in [3.05, 3.63) is 82.3 Å². The van der Waals surface area contributed by atoms with Crippen molar-refractivity contribution in [2.75, 3.05) is 10.6 Å². The number of nitrogens with two attached hydrogens (primary N) is 1. The van der Waals surface area contributed by atoms with Gasteiger partial charge in [-0.15, -0.1) is 0 Å². The van der Waals surface area contributed by atoms with Gasteiger partial charge in [0, 0.05) is 27.8 Å². The van der Waals surface area contributed by atoms with E-state index >= 15 is 0 Å². The molecule has 0 fully saturated rings. The smallest absolute Gasteiger partial charge is 0.0517 e. The monoisotopic (exact) mass is 350 g/mol. The van der Waals surface area contributed by atoms with Crippen molar-refractivity contribution in [3.63, 3.8) is 0 Å². The summed E-state index contributed by atoms with van der Waals surface area (Å²) in [5, 5.41) is 0. The van der Waals surface area contributed by atoms with E-state index in [0.29, 0.717) is 0 Å². The second-order valence-electron chi connectivity index (χ2n) is 5.47. The van der Waals surface area contributed by atoms with Gasteiger partial charge >= 0.3 is 0 Å². The lowest BCUT2D eigenvalue weighted by molar-refractivity contribution is 1.09. The van der Waals surface area contributed by atoms with Crippen molar-refractivity contribution in [2.45, 2.75) is 6.42 Å². The van der Waals surface area contributed by atoms with Gasteiger partial charge in [0.25, 0.3) is 0 Å². The van der Waals surface area contributed by atoms with Crippen molar-refractivity contribution in [1.29, 1.82) is 0 Å². The molecule has 1 aliphatic heterocycles. The zero-order valence-corrected chi connectivity index (χ0v) is 13.5. The highest BCUT2D eigenvalue weighted by molar-refractivity contribution is 9.10. The Hall–Kier alpha value is -2.26. The van der Waals surface area contributed by atoms with Crippen LogP contribution in [-0.4, -0.2) is 0 Å². The molecule has 0 aromatic heterocycles. The first-order valence-electron chi connectivity index (χ1n) is 7.25. The Morgan fingerprint density at radius 2 is 1.68 bits per heavy atom. The fourth-order valence-electron chi connectivity index (χ4n) is 3.06. The van der Waals surface area contributed by atoms with Crippen molar-refractivity contribution in [2.24, 2.45) is 0 Å². The zero-order valence-electron chi connectivity index (χ0n) is 12.0. The molecular weight excluding hydrogens is 336 g/mol. The Balaban J connectivity index is 2.00. The van der Waals surface area contributed by atoms with Crippen molar-refractivity contribution in [3.8, 4) is 0 Å². The fourth-order valence-corrected chi connectivity index (χ4v) is 3.41. The highest BCUT2D eigenvalue weighted by Crippen LogP contribution is 2.45. The molecule has 0 atom stereocenters. The van der Waals surface area contributed by atoms with Gasteiger partial charge in [-0.1, -0.05) is 46.3 Å². The van der Waals surface area contributed by atoms with E-state index in [2.05, 4.69) is 69.4 Å². The molecule has 0 spiro atoms. The van der Waals surface area contributed by atoms with E-state index in [-0.39, 0.29) is 0 Å². The average molecular weight is 351 g/mol. The van der Waals surface area contributed by atoms with Crippen LogP contribution in [0.1, 0.15) is 11.1 Å². The summed E-state index contributed by atoms with van der Waals surface area (Å²) in [7, 11) is 0. The lowest BCUT2D eigenvalue weighted by Crippen LogP contribution is -2.19. The third-order valence-electron chi connectivity index (χ3n) is 4.10. The number of anilines is 4. The van der Waals surface area contributed by atoms with Crippen LogP contribution in [0, 0.1) is 0 Å². The number of benzene rings is 3. The topological polar surface area (TPSA) is 29.3 Å². The predicted octanol–water partition coefficient (Wildman–Crippen LogP) is 5.41. The second-order valence-corrected chi connectivity index (χ2v) is 6.38. The number of nitrogen functional groups attached to an aromatic ring is 1. The quantitative estimate of drug-likeness (QED) is 0.465. The molecule has 3 aromatic rings. The minimum Gasteiger partial charge on any atom is -0.398 e. The van der Waals surface area contributed by atoms with Gasteiger partial charge in [-0.2, -0.15) is 0 Å². The molecule has 0 bridgehead atoms. The average Bonchev–Trinajstić information content (AvgIpc) is 2.54. The van der Waals surface area contributed by atoms with E-state index in [1.807, 2.05) is 18.2 Å². The second kappa shape index (κ2) is 5.18. The largest absolute Gasteiger partial charge is 0.398 e. The van der Waals surface area contributed by atoms with Crippen LogP contribution in [0.2, 0.25) is 0 Å². The molecule has 0 saturated carbocycles. The zero-order chi connectivity index (χ0) is 15.1. The van der Waals surface area contributed by atoms with E-state index in [1.165, 1.54) is 16.8 Å². The molecule has 3 aromatic carbocycles. The standard InChI is InChI=1S/C19H15BrN2/c20-14-10-9-13-11-16-17(21)7-4-8-18(16)22(19(13)12-14)15-5-2-1-3-6-15/h1-10,12H,11,21H2. The lowest BCUT2D eigenvalue weighted by Gasteiger charge is -2.34. The highest BCUT2D eigenvalue weighted by atomic mass is 79.9. The first kappa shape index (κ1) is 13.4. The van der Waals surface area contributed by atoms with Crippen molar-refractivity contribution >= 4 is 38.7 Å². The van der Waals surface area contributed by atoms with Gasteiger partial charge in [0.1, 0.15) is 0 Å². The molecule has 4 rings (SSSR count). The molecule has 2 N–H and O–H groups in total. The van der Waals surface area contributed by atoms with E-state index in [9.17, 15) is 0 Å². The van der Waals surface area contributed by atoms with Gasteiger partial charge in [-0.3, -0.25) is 0 Å². The number of para-hydroxylation sites is 1. The third kappa shape index (κ3) is 2.09. The van der Waals surface area contributed by atoms with Crippen LogP contribution < -0.4 is 10.6 Å². The van der Waals surface area contributed by atoms with Crippen LogP contribution in [0.25, 0.3) is 0 Å². The summed E-state index contributed by atoms with van der Waals surface area (Å²) < 4.78 is 1.08. The molecule has 3 heteroatoms. The maximum Gasteiger partial charge on any atom is 0.0517 e. The Kier molecular flexibility index (Phi) is 3.16. The maximum absolute atomic E-state index is 6.23. The normalized spacial score (nSPS) is 12.7. The summed E-state index contributed by atoms with van der Waals surface area (Å²) in [6, 6.07) is 23.0. The molecule has 0 saturated heterocycles. The number of nitrogens with zero attached hydrogens (tertiary/aromatic N) is 1. The summed E-state index contributed by atoms with van der Waals surface area (Å²) in [5.74, 6) is 0. The van der Waals surface area contributed by atoms with Gasteiger partial charge in [0.05, 0.1) is 11.4 Å². The highest BCUT2D eigenvalue weighted by Gasteiger charge is 2.25. The number of hydrogen-bond donors (Lipinski definition) is 1. The molecule has 22 heavy (non-hydrogen) atoms. The van der Waals surface area contributed by atoms with Crippen LogP contribution >= 0.6 is 15.9 Å². The first-order valence-corrected chi connectivity index (χ1v) is 8.04. The van der Waals surface area contributed by atoms with Gasteiger partial charge < -0.3 is 10.6 Å². The van der Waals surface area contributed by atoms with Gasteiger partial charge in [-0.25, -0.2) is 0 Å². The Bertz CT molecular complexity index is 841. The molecule has 1 aliphatic rings. The summed E-state index contributed by atoms with van der Waals surface area (Å²) in [5.41, 5.74) is 13.1. The molecule has 0 unspecified atom stereocenters. The van der Waals surface area contributed by atoms with Crippen LogP contribution in [0.5, 0.6) is 0 Å². The Morgan fingerprint density at radius 1 is 0.864 bits per heavy atom. The number of halogens is 1. The lowest BCUT2D eigenvalue weighted by atomic mass is 9.94. The van der Waals surface area contributed by atoms with Crippen molar-refractivity contribution in [1.82, 2.24) is 0 Å². The maximum atomic E-state index is 6.23. The first-order chi connectivity index (χ1) is 10.7. The summed E-state index contributed by atoms with van der Waals surface area (Å²) in [6.07, 6.45) is 0.869. The SMILES string of the molecule is Nc1cccc2c1Cc1ccc(Br)cc1N2c1ccccc1. The van der Waals surface area contributed by atoms with Gasteiger partial charge in [0.15, 0.2) is 0 Å². The number of rotatable bonds is 1. The van der Waals surface area contributed by atoms with Crippen LogP contribution in [0.4, 0.5) is 22.7 Å². The molecule has 0 radical (unpaired) electrons. The minimum atomic E-state index is 0.854. The molecule has 108 valence electrons. The number of fused-ring (bicyclic) bond motifs is 2. The summed E-state index contributed by atoms with van der Waals surface area (Å²) >= 11 is 3.59.